The van der Waals surface area contributed by atoms with Gasteiger partial charge in [-0.1, -0.05) is 30.3 Å². The number of nitrogens with zero attached hydrogens (tertiary/aromatic N) is 1. The Labute approximate surface area is 149 Å². The lowest BCUT2D eigenvalue weighted by Gasteiger charge is -2.37. The van der Waals surface area contributed by atoms with Gasteiger partial charge in [0, 0.05) is 12.6 Å². The van der Waals surface area contributed by atoms with Gasteiger partial charge in [0.15, 0.2) is 0 Å². The maximum Gasteiger partial charge on any atom is 0.243 e. The van der Waals surface area contributed by atoms with Crippen molar-refractivity contribution in [2.24, 2.45) is 0 Å². The van der Waals surface area contributed by atoms with Gasteiger partial charge >= 0.3 is 0 Å². The predicted molar refractivity (Wildman–Crippen MR) is 96.2 cm³/mol. The van der Waals surface area contributed by atoms with E-state index in [-0.39, 0.29) is 17.0 Å². The van der Waals surface area contributed by atoms with Crippen LogP contribution in [-0.4, -0.2) is 39.0 Å². The zero-order valence-electron chi connectivity index (χ0n) is 14.7. The van der Waals surface area contributed by atoms with E-state index < -0.39 is 10.0 Å². The van der Waals surface area contributed by atoms with Gasteiger partial charge in [-0.25, -0.2) is 8.42 Å². The lowest BCUT2D eigenvalue weighted by atomic mass is 10.1. The van der Waals surface area contributed by atoms with Crippen LogP contribution in [0.15, 0.2) is 53.4 Å². The molecule has 0 spiro atoms. The molecule has 0 amide bonds. The van der Waals surface area contributed by atoms with E-state index in [0.717, 1.165) is 11.1 Å². The fourth-order valence-electron chi connectivity index (χ4n) is 3.09. The Morgan fingerprint density at radius 1 is 1.16 bits per heavy atom. The van der Waals surface area contributed by atoms with E-state index in [1.807, 2.05) is 44.2 Å². The third-order valence-corrected chi connectivity index (χ3v) is 6.50. The molecule has 3 rings (SSSR count). The summed E-state index contributed by atoms with van der Waals surface area (Å²) >= 11 is 0. The van der Waals surface area contributed by atoms with Crippen LogP contribution in [-0.2, 0) is 14.8 Å². The van der Waals surface area contributed by atoms with Crippen LogP contribution in [0.3, 0.4) is 0 Å². The maximum absolute atomic E-state index is 13.2. The normalized spacial score (nSPS) is 21.9. The SMILES string of the molecule is COc1ccc(S(=O)(=O)N2CC(c3ccccc3)OCC2C)cc1C. The Bertz CT molecular complexity index is 836. The molecular formula is C19H23NO4S. The van der Waals surface area contributed by atoms with Crippen LogP contribution >= 0.6 is 0 Å². The molecule has 1 aliphatic rings. The second-order valence-electron chi connectivity index (χ2n) is 6.29. The van der Waals surface area contributed by atoms with E-state index in [1.165, 1.54) is 4.31 Å². The Hall–Kier alpha value is -1.89. The molecule has 2 atom stereocenters. The van der Waals surface area contributed by atoms with Gasteiger partial charge < -0.3 is 9.47 Å². The zero-order valence-corrected chi connectivity index (χ0v) is 15.5. The van der Waals surface area contributed by atoms with E-state index >= 15 is 0 Å². The van der Waals surface area contributed by atoms with Crippen molar-refractivity contribution in [1.29, 1.82) is 0 Å². The van der Waals surface area contributed by atoms with Crippen LogP contribution in [0.1, 0.15) is 24.2 Å². The number of ether oxygens (including phenoxy) is 2. The number of morpholine rings is 1. The molecular weight excluding hydrogens is 338 g/mol. The fraction of sp³-hybridized carbons (Fsp3) is 0.368. The minimum absolute atomic E-state index is 0.215. The summed E-state index contributed by atoms with van der Waals surface area (Å²) < 4.78 is 38.9. The molecule has 0 bridgehead atoms. The first-order chi connectivity index (χ1) is 11.9. The molecule has 1 aliphatic heterocycles. The van der Waals surface area contributed by atoms with E-state index in [2.05, 4.69) is 0 Å². The quantitative estimate of drug-likeness (QED) is 0.839. The molecule has 2 aromatic carbocycles. The Morgan fingerprint density at radius 3 is 2.52 bits per heavy atom. The summed E-state index contributed by atoms with van der Waals surface area (Å²) in [5.41, 5.74) is 1.78. The van der Waals surface area contributed by atoms with Gasteiger partial charge in [0.1, 0.15) is 5.75 Å². The molecule has 1 saturated heterocycles. The first-order valence-corrected chi connectivity index (χ1v) is 9.70. The average molecular weight is 361 g/mol. The Morgan fingerprint density at radius 2 is 1.88 bits per heavy atom. The predicted octanol–water partition coefficient (Wildman–Crippen LogP) is 3.15. The van der Waals surface area contributed by atoms with Gasteiger partial charge in [0.25, 0.3) is 0 Å². The molecule has 1 heterocycles. The first kappa shape index (κ1) is 17.9. The monoisotopic (exact) mass is 361 g/mol. The van der Waals surface area contributed by atoms with Crippen molar-refractivity contribution in [1.82, 2.24) is 4.31 Å². The van der Waals surface area contributed by atoms with E-state index in [1.54, 1.807) is 25.3 Å². The van der Waals surface area contributed by atoms with Crippen LogP contribution in [0.5, 0.6) is 5.75 Å². The molecule has 25 heavy (non-hydrogen) atoms. The van der Waals surface area contributed by atoms with Crippen LogP contribution < -0.4 is 4.74 Å². The summed E-state index contributed by atoms with van der Waals surface area (Å²) in [5, 5.41) is 0. The average Bonchev–Trinajstić information content (AvgIpc) is 2.62. The molecule has 1 fully saturated rings. The van der Waals surface area contributed by atoms with Crippen molar-refractivity contribution in [2.75, 3.05) is 20.3 Å². The van der Waals surface area contributed by atoms with Crippen LogP contribution in [0.4, 0.5) is 0 Å². The zero-order chi connectivity index (χ0) is 18.0. The summed E-state index contributed by atoms with van der Waals surface area (Å²) in [6.07, 6.45) is -0.258. The van der Waals surface area contributed by atoms with E-state index in [4.69, 9.17) is 9.47 Å². The smallest absolute Gasteiger partial charge is 0.243 e. The third kappa shape index (κ3) is 3.56. The number of sulfonamides is 1. The Kier molecular flexibility index (Phi) is 5.13. The highest BCUT2D eigenvalue weighted by Crippen LogP contribution is 2.30. The summed E-state index contributed by atoms with van der Waals surface area (Å²) in [7, 11) is -2.03. The van der Waals surface area contributed by atoms with Crippen molar-refractivity contribution in [3.05, 3.63) is 59.7 Å². The van der Waals surface area contributed by atoms with Gasteiger partial charge in [0.05, 0.1) is 24.7 Å². The van der Waals surface area contributed by atoms with E-state index in [9.17, 15) is 8.42 Å². The highest BCUT2D eigenvalue weighted by atomic mass is 32.2. The van der Waals surface area contributed by atoms with Gasteiger partial charge in [-0.2, -0.15) is 4.31 Å². The molecule has 0 saturated carbocycles. The van der Waals surface area contributed by atoms with Crippen molar-refractivity contribution in [3.63, 3.8) is 0 Å². The van der Waals surface area contributed by atoms with Crippen molar-refractivity contribution < 1.29 is 17.9 Å². The topological polar surface area (TPSA) is 55.8 Å². The lowest BCUT2D eigenvalue weighted by Crippen LogP contribution is -2.48. The number of hydrogen-bond donors (Lipinski definition) is 0. The first-order valence-electron chi connectivity index (χ1n) is 8.26. The van der Waals surface area contributed by atoms with Crippen molar-refractivity contribution in [3.8, 4) is 5.75 Å². The summed E-state index contributed by atoms with van der Waals surface area (Å²) in [4.78, 5) is 0.284. The molecule has 0 aromatic heterocycles. The molecule has 2 unspecified atom stereocenters. The molecule has 0 N–H and O–H groups in total. The van der Waals surface area contributed by atoms with Gasteiger partial charge in [-0.05, 0) is 43.2 Å². The molecule has 0 aliphatic carbocycles. The second kappa shape index (κ2) is 7.15. The standard InChI is InChI=1S/C19H23NO4S/c1-14-11-17(9-10-18(14)23-3)25(21,22)20-12-19(24-13-15(20)2)16-7-5-4-6-8-16/h4-11,15,19H,12-13H2,1-3H3. The van der Waals surface area contributed by atoms with Gasteiger partial charge in [0.2, 0.25) is 10.0 Å². The number of benzene rings is 2. The molecule has 6 heteroatoms. The fourth-order valence-corrected chi connectivity index (χ4v) is 4.79. The van der Waals surface area contributed by atoms with Crippen LogP contribution in [0.25, 0.3) is 0 Å². The number of hydrogen-bond acceptors (Lipinski definition) is 4. The van der Waals surface area contributed by atoms with Crippen molar-refractivity contribution in [2.45, 2.75) is 30.9 Å². The molecule has 2 aromatic rings. The van der Waals surface area contributed by atoms with Crippen LogP contribution in [0, 0.1) is 6.92 Å². The largest absolute Gasteiger partial charge is 0.496 e. The number of rotatable bonds is 4. The van der Waals surface area contributed by atoms with Crippen LogP contribution in [0.2, 0.25) is 0 Å². The molecule has 0 radical (unpaired) electrons. The van der Waals surface area contributed by atoms with Gasteiger partial charge in [-0.15, -0.1) is 0 Å². The maximum atomic E-state index is 13.2. The second-order valence-corrected chi connectivity index (χ2v) is 8.18. The highest BCUT2D eigenvalue weighted by molar-refractivity contribution is 7.89. The van der Waals surface area contributed by atoms with Crippen molar-refractivity contribution >= 4 is 10.0 Å². The lowest BCUT2D eigenvalue weighted by molar-refractivity contribution is -0.0288. The molecule has 5 nitrogen and oxygen atoms in total. The minimum atomic E-state index is -3.60. The number of methoxy groups -OCH3 is 1. The highest BCUT2D eigenvalue weighted by Gasteiger charge is 2.36. The molecule has 134 valence electrons. The third-order valence-electron chi connectivity index (χ3n) is 4.52. The Balaban J connectivity index is 1.91. The summed E-state index contributed by atoms with van der Waals surface area (Å²) in [6, 6.07) is 14.5. The van der Waals surface area contributed by atoms with E-state index in [0.29, 0.717) is 18.9 Å². The number of aryl methyl sites for hydroxylation is 1. The minimum Gasteiger partial charge on any atom is -0.496 e. The van der Waals surface area contributed by atoms with Gasteiger partial charge in [-0.3, -0.25) is 0 Å². The summed E-state index contributed by atoms with van der Waals surface area (Å²) in [6.45, 7) is 4.38. The summed E-state index contributed by atoms with van der Waals surface area (Å²) in [5.74, 6) is 0.677.